The number of carbonyl (C=O) groups is 1. The van der Waals surface area contributed by atoms with Gasteiger partial charge in [-0.25, -0.2) is 8.42 Å². The molecular weight excluding hydrogens is 385 g/mol. The van der Waals surface area contributed by atoms with Crippen LogP contribution in [0.15, 0.2) is 41.3 Å². The first-order valence-corrected chi connectivity index (χ1v) is 9.22. The van der Waals surface area contributed by atoms with E-state index in [9.17, 15) is 13.2 Å². The van der Waals surface area contributed by atoms with Crippen LogP contribution in [-0.2, 0) is 14.8 Å². The number of carbonyl (C=O) groups excluding carboxylic acids is 1. The highest BCUT2D eigenvalue weighted by Gasteiger charge is 2.17. The molecule has 0 aliphatic carbocycles. The van der Waals surface area contributed by atoms with Gasteiger partial charge in [0.1, 0.15) is 6.42 Å². The smallest absolute Gasteiger partial charge is 0.261 e. The van der Waals surface area contributed by atoms with Crippen LogP contribution in [0.4, 0.5) is 11.4 Å². The molecule has 2 aromatic rings. The minimum Gasteiger partial charge on any atom is -0.324 e. The van der Waals surface area contributed by atoms with Gasteiger partial charge < -0.3 is 5.32 Å². The maximum absolute atomic E-state index is 12.5. The summed E-state index contributed by atoms with van der Waals surface area (Å²) in [5, 5.41) is 11.1. The van der Waals surface area contributed by atoms with Crippen LogP contribution < -0.4 is 10.0 Å². The van der Waals surface area contributed by atoms with Gasteiger partial charge in [-0.1, -0.05) is 40.9 Å². The summed E-state index contributed by atoms with van der Waals surface area (Å²) in [4.78, 5) is 11.6. The van der Waals surface area contributed by atoms with Gasteiger partial charge in [0, 0.05) is 0 Å². The molecule has 25 heavy (non-hydrogen) atoms. The molecule has 0 unspecified atom stereocenters. The summed E-state index contributed by atoms with van der Waals surface area (Å²) in [5.41, 5.74) is 1.12. The van der Waals surface area contributed by atoms with Crippen molar-refractivity contribution in [3.05, 3.63) is 52.0 Å². The number of hydrogen-bond acceptors (Lipinski definition) is 4. The zero-order valence-electron chi connectivity index (χ0n) is 13.0. The molecule has 0 spiro atoms. The molecule has 0 aromatic heterocycles. The fourth-order valence-electron chi connectivity index (χ4n) is 1.91. The SMILES string of the molecule is Cc1ccc(S(=O)(=O)Nc2cc(NC(=O)CC#N)c(Cl)cc2Cl)cc1. The van der Waals surface area contributed by atoms with Crippen LogP contribution in [0.5, 0.6) is 0 Å². The lowest BCUT2D eigenvalue weighted by molar-refractivity contribution is -0.115. The minimum absolute atomic E-state index is 0.0545. The Kier molecular flexibility index (Phi) is 5.90. The van der Waals surface area contributed by atoms with Crippen molar-refractivity contribution < 1.29 is 13.2 Å². The zero-order chi connectivity index (χ0) is 18.6. The van der Waals surface area contributed by atoms with Gasteiger partial charge in [0.15, 0.2) is 0 Å². The third-order valence-electron chi connectivity index (χ3n) is 3.15. The first kappa shape index (κ1) is 19.1. The standard InChI is InChI=1S/C16H13Cl2N3O3S/c1-10-2-4-11(5-3-10)25(23,24)21-15-9-14(12(17)8-13(15)18)20-16(22)6-7-19/h2-5,8-9,21H,6H2,1H3,(H,20,22). The number of rotatable bonds is 5. The van der Waals surface area contributed by atoms with Crippen molar-refractivity contribution >= 4 is 50.5 Å². The van der Waals surface area contributed by atoms with Gasteiger partial charge in [0.25, 0.3) is 10.0 Å². The number of halogens is 2. The number of benzene rings is 2. The lowest BCUT2D eigenvalue weighted by atomic mass is 10.2. The molecular formula is C16H13Cl2N3O3S. The number of amides is 1. The van der Waals surface area contributed by atoms with E-state index in [4.69, 9.17) is 28.5 Å². The van der Waals surface area contributed by atoms with Crippen LogP contribution in [-0.4, -0.2) is 14.3 Å². The molecule has 0 radical (unpaired) electrons. The van der Waals surface area contributed by atoms with Crippen molar-refractivity contribution in [1.29, 1.82) is 5.26 Å². The molecule has 0 fully saturated rings. The molecule has 9 heteroatoms. The van der Waals surface area contributed by atoms with Gasteiger partial charge in [-0.2, -0.15) is 5.26 Å². The predicted octanol–water partition coefficient (Wildman–Crippen LogP) is 3.95. The van der Waals surface area contributed by atoms with Gasteiger partial charge in [0.05, 0.1) is 32.4 Å². The fraction of sp³-hybridized carbons (Fsp3) is 0.125. The number of anilines is 2. The minimum atomic E-state index is -3.86. The van der Waals surface area contributed by atoms with Crippen LogP contribution in [0.3, 0.4) is 0 Å². The number of sulfonamides is 1. The Bertz CT molecular complexity index is 952. The van der Waals surface area contributed by atoms with E-state index in [1.54, 1.807) is 18.2 Å². The summed E-state index contributed by atoms with van der Waals surface area (Å²) in [5.74, 6) is -0.570. The molecule has 0 aliphatic rings. The summed E-state index contributed by atoms with van der Waals surface area (Å²) >= 11 is 12.0. The first-order chi connectivity index (χ1) is 11.7. The third-order valence-corrected chi connectivity index (χ3v) is 5.15. The van der Waals surface area contributed by atoms with E-state index in [0.29, 0.717) is 0 Å². The van der Waals surface area contributed by atoms with Crippen molar-refractivity contribution in [2.24, 2.45) is 0 Å². The summed E-state index contributed by atoms with van der Waals surface area (Å²) in [7, 11) is -3.86. The molecule has 1 amide bonds. The van der Waals surface area contributed by atoms with Gasteiger partial charge >= 0.3 is 0 Å². The Hall–Kier alpha value is -2.27. The normalized spacial score (nSPS) is 10.8. The summed E-state index contributed by atoms with van der Waals surface area (Å²) in [6.07, 6.45) is -0.358. The Balaban J connectivity index is 2.34. The van der Waals surface area contributed by atoms with Gasteiger partial charge in [-0.15, -0.1) is 0 Å². The Labute approximate surface area is 155 Å². The number of hydrogen-bond donors (Lipinski definition) is 2. The molecule has 0 aliphatic heterocycles. The molecule has 130 valence electrons. The third kappa shape index (κ3) is 4.86. The topological polar surface area (TPSA) is 99.1 Å². The van der Waals surface area contributed by atoms with E-state index >= 15 is 0 Å². The monoisotopic (exact) mass is 397 g/mol. The number of nitrogens with zero attached hydrogens (tertiary/aromatic N) is 1. The molecule has 0 saturated heterocycles. The van der Waals surface area contributed by atoms with E-state index in [1.807, 2.05) is 6.92 Å². The Morgan fingerprint density at radius 3 is 2.32 bits per heavy atom. The van der Waals surface area contributed by atoms with Crippen LogP contribution in [0.1, 0.15) is 12.0 Å². The lowest BCUT2D eigenvalue weighted by Gasteiger charge is -2.13. The highest BCUT2D eigenvalue weighted by atomic mass is 35.5. The summed E-state index contributed by atoms with van der Waals surface area (Å²) in [6.45, 7) is 1.84. The predicted molar refractivity (Wildman–Crippen MR) is 97.3 cm³/mol. The maximum atomic E-state index is 12.5. The molecule has 0 saturated carbocycles. The lowest BCUT2D eigenvalue weighted by Crippen LogP contribution is -2.14. The molecule has 2 N–H and O–H groups in total. The number of nitrogens with one attached hydrogen (secondary N) is 2. The summed E-state index contributed by atoms with van der Waals surface area (Å²) < 4.78 is 27.3. The average Bonchev–Trinajstić information content (AvgIpc) is 2.52. The van der Waals surface area contributed by atoms with Crippen molar-refractivity contribution in [2.45, 2.75) is 18.2 Å². The molecule has 2 rings (SSSR count). The highest BCUT2D eigenvalue weighted by molar-refractivity contribution is 7.92. The van der Waals surface area contributed by atoms with Crippen LogP contribution in [0.2, 0.25) is 10.0 Å². The molecule has 6 nitrogen and oxygen atoms in total. The Morgan fingerprint density at radius 2 is 1.72 bits per heavy atom. The first-order valence-electron chi connectivity index (χ1n) is 6.98. The molecule has 0 heterocycles. The second-order valence-corrected chi connectivity index (χ2v) is 7.61. The molecule has 2 aromatic carbocycles. The van der Waals surface area contributed by atoms with Crippen LogP contribution in [0.25, 0.3) is 0 Å². The molecule has 0 bridgehead atoms. The van der Waals surface area contributed by atoms with Crippen molar-refractivity contribution in [3.63, 3.8) is 0 Å². The second kappa shape index (κ2) is 7.74. The van der Waals surface area contributed by atoms with Gasteiger partial charge in [-0.05, 0) is 31.2 Å². The van der Waals surface area contributed by atoms with Crippen molar-refractivity contribution in [2.75, 3.05) is 10.0 Å². The fourth-order valence-corrected chi connectivity index (χ4v) is 3.51. The van der Waals surface area contributed by atoms with Gasteiger partial charge in [-0.3, -0.25) is 9.52 Å². The van der Waals surface area contributed by atoms with E-state index in [-0.39, 0.29) is 32.7 Å². The van der Waals surface area contributed by atoms with Crippen LogP contribution >= 0.6 is 23.2 Å². The number of nitriles is 1. The highest BCUT2D eigenvalue weighted by Crippen LogP contribution is 2.34. The van der Waals surface area contributed by atoms with Crippen LogP contribution in [0, 0.1) is 18.3 Å². The van der Waals surface area contributed by atoms with E-state index in [2.05, 4.69) is 10.0 Å². The number of aryl methyl sites for hydroxylation is 1. The average molecular weight is 398 g/mol. The zero-order valence-corrected chi connectivity index (χ0v) is 15.3. The quantitative estimate of drug-likeness (QED) is 0.797. The van der Waals surface area contributed by atoms with Gasteiger partial charge in [0.2, 0.25) is 5.91 Å². The maximum Gasteiger partial charge on any atom is 0.261 e. The van der Waals surface area contributed by atoms with E-state index < -0.39 is 15.9 Å². The van der Waals surface area contributed by atoms with Crippen molar-refractivity contribution in [1.82, 2.24) is 0 Å². The second-order valence-electron chi connectivity index (χ2n) is 5.11. The largest absolute Gasteiger partial charge is 0.324 e. The summed E-state index contributed by atoms with van der Waals surface area (Å²) in [6, 6.07) is 10.6. The Morgan fingerprint density at radius 1 is 1.12 bits per heavy atom. The van der Waals surface area contributed by atoms with E-state index in [1.165, 1.54) is 24.3 Å². The van der Waals surface area contributed by atoms with Crippen molar-refractivity contribution in [3.8, 4) is 6.07 Å². The molecule has 0 atom stereocenters. The van der Waals surface area contributed by atoms with E-state index in [0.717, 1.165) is 5.56 Å².